The Kier molecular flexibility index (Phi) is 4.39. The normalized spacial score (nSPS) is 18.2. The fourth-order valence-electron chi connectivity index (χ4n) is 1.63. The standard InChI is InChI=1S/C13H7Cl2N3O2S2/c14-6-3-1-2-4-7(6)16-12-17-10(15)8(21-12)5-9-11(19)18-13(20)22-9/h1-5,19H,(H,18,20)/b8-5-,16-12?. The summed E-state index contributed by atoms with van der Waals surface area (Å²) in [5.41, 5.74) is 0.593. The van der Waals surface area contributed by atoms with Gasteiger partial charge in [-0.2, -0.15) is 0 Å². The monoisotopic (exact) mass is 371 g/mol. The highest BCUT2D eigenvalue weighted by Gasteiger charge is 2.20. The number of hydrogen-bond acceptors (Lipinski definition) is 5. The van der Waals surface area contributed by atoms with E-state index in [1.165, 1.54) is 11.8 Å². The van der Waals surface area contributed by atoms with E-state index in [9.17, 15) is 9.90 Å². The van der Waals surface area contributed by atoms with E-state index in [4.69, 9.17) is 23.2 Å². The molecule has 0 bridgehead atoms. The van der Waals surface area contributed by atoms with E-state index in [1.807, 2.05) is 12.1 Å². The number of nitrogens with one attached hydrogen (secondary N) is 1. The molecular formula is C13H7Cl2N3O2S2. The molecule has 0 saturated carbocycles. The number of rotatable bonds is 2. The number of thioether (sulfide) groups is 1. The van der Waals surface area contributed by atoms with Crippen molar-refractivity contribution in [2.24, 2.45) is 9.98 Å². The topological polar surface area (TPSA) is 77.8 Å². The summed E-state index contributed by atoms with van der Waals surface area (Å²) in [6.07, 6.45) is 1.59. The Hall–Kier alpha value is -1.54. The number of benzene rings is 1. The predicted octanol–water partition coefficient (Wildman–Crippen LogP) is 4.21. The second-order valence-corrected chi connectivity index (χ2v) is 6.88. The minimum absolute atomic E-state index is 0.191. The number of H-pyrrole nitrogens is 1. The fourth-order valence-corrected chi connectivity index (χ4v) is 3.64. The van der Waals surface area contributed by atoms with Crippen LogP contribution in [0.2, 0.25) is 5.02 Å². The number of amidine groups is 1. The summed E-state index contributed by atoms with van der Waals surface area (Å²) in [6.45, 7) is 0. The molecule has 2 N–H and O–H groups in total. The molecule has 0 radical (unpaired) electrons. The molecule has 5 nitrogen and oxygen atoms in total. The van der Waals surface area contributed by atoms with Crippen molar-refractivity contribution >= 4 is 68.4 Å². The van der Waals surface area contributed by atoms with Crippen molar-refractivity contribution in [1.29, 1.82) is 0 Å². The van der Waals surface area contributed by atoms with Gasteiger partial charge in [-0.1, -0.05) is 46.7 Å². The highest BCUT2D eigenvalue weighted by atomic mass is 35.5. The van der Waals surface area contributed by atoms with E-state index in [0.29, 0.717) is 25.7 Å². The Morgan fingerprint density at radius 2 is 2.09 bits per heavy atom. The van der Waals surface area contributed by atoms with Crippen LogP contribution in [0.4, 0.5) is 5.69 Å². The van der Waals surface area contributed by atoms with Crippen molar-refractivity contribution in [2.75, 3.05) is 0 Å². The Balaban J connectivity index is 1.91. The molecule has 2 heterocycles. The van der Waals surface area contributed by atoms with Crippen LogP contribution in [0.3, 0.4) is 0 Å². The maximum atomic E-state index is 11.2. The van der Waals surface area contributed by atoms with Crippen molar-refractivity contribution in [3.63, 3.8) is 0 Å². The molecule has 1 aliphatic rings. The number of aliphatic imine (C=N–C) groups is 2. The van der Waals surface area contributed by atoms with Crippen LogP contribution in [0.25, 0.3) is 6.08 Å². The summed E-state index contributed by atoms with van der Waals surface area (Å²) < 4.78 is 0. The minimum Gasteiger partial charge on any atom is -0.493 e. The molecule has 1 aromatic heterocycles. The molecule has 112 valence electrons. The lowest BCUT2D eigenvalue weighted by Crippen LogP contribution is -1.89. The van der Waals surface area contributed by atoms with E-state index in [0.717, 1.165) is 11.3 Å². The zero-order valence-electron chi connectivity index (χ0n) is 10.7. The first kappa shape index (κ1) is 15.4. The number of aromatic amines is 1. The van der Waals surface area contributed by atoms with Crippen LogP contribution < -0.4 is 4.87 Å². The number of allylic oxidation sites excluding steroid dienone is 1. The molecular weight excluding hydrogens is 365 g/mol. The van der Waals surface area contributed by atoms with Gasteiger partial charge in [-0.3, -0.25) is 9.78 Å². The molecule has 0 spiro atoms. The van der Waals surface area contributed by atoms with Gasteiger partial charge < -0.3 is 5.11 Å². The van der Waals surface area contributed by atoms with Gasteiger partial charge in [0.2, 0.25) is 5.88 Å². The summed E-state index contributed by atoms with van der Waals surface area (Å²) in [5.74, 6) is -0.191. The van der Waals surface area contributed by atoms with Crippen LogP contribution in [0.1, 0.15) is 4.88 Å². The van der Waals surface area contributed by atoms with Gasteiger partial charge in [-0.15, -0.1) is 0 Å². The van der Waals surface area contributed by atoms with Crippen LogP contribution in [-0.2, 0) is 0 Å². The maximum absolute atomic E-state index is 11.2. The second-order valence-electron chi connectivity index (χ2n) is 4.09. The van der Waals surface area contributed by atoms with Gasteiger partial charge in [0.15, 0.2) is 5.17 Å². The number of hydrogen-bond donors (Lipinski definition) is 2. The number of nitrogens with zero attached hydrogens (tertiary/aromatic N) is 2. The Labute approximate surface area is 143 Å². The van der Waals surface area contributed by atoms with Gasteiger partial charge in [0.25, 0.3) is 0 Å². The number of aromatic nitrogens is 1. The van der Waals surface area contributed by atoms with Crippen LogP contribution in [0.5, 0.6) is 5.88 Å². The number of para-hydroxylation sites is 1. The molecule has 1 aromatic carbocycles. The molecule has 0 unspecified atom stereocenters. The third-order valence-electron chi connectivity index (χ3n) is 2.59. The number of halogens is 2. The summed E-state index contributed by atoms with van der Waals surface area (Å²) in [4.78, 5) is 22.6. The summed E-state index contributed by atoms with van der Waals surface area (Å²) in [7, 11) is 0. The lowest BCUT2D eigenvalue weighted by molar-refractivity contribution is 0.455. The largest absolute Gasteiger partial charge is 0.493 e. The third kappa shape index (κ3) is 3.27. The minimum atomic E-state index is -0.342. The van der Waals surface area contributed by atoms with Crippen LogP contribution in [0, 0.1) is 0 Å². The van der Waals surface area contributed by atoms with Gasteiger partial charge in [0, 0.05) is 0 Å². The van der Waals surface area contributed by atoms with E-state index in [1.54, 1.807) is 18.2 Å². The Morgan fingerprint density at radius 1 is 1.32 bits per heavy atom. The average molecular weight is 372 g/mol. The van der Waals surface area contributed by atoms with Crippen molar-refractivity contribution in [2.45, 2.75) is 0 Å². The lowest BCUT2D eigenvalue weighted by Gasteiger charge is -1.97. The summed E-state index contributed by atoms with van der Waals surface area (Å²) in [6, 6.07) is 7.14. The second kappa shape index (κ2) is 6.29. The zero-order chi connectivity index (χ0) is 15.7. The van der Waals surface area contributed by atoms with E-state index >= 15 is 0 Å². The first-order valence-electron chi connectivity index (χ1n) is 5.92. The van der Waals surface area contributed by atoms with Gasteiger partial charge >= 0.3 is 4.87 Å². The van der Waals surface area contributed by atoms with Crippen molar-refractivity contribution in [3.8, 4) is 5.88 Å². The molecule has 22 heavy (non-hydrogen) atoms. The van der Waals surface area contributed by atoms with Crippen molar-refractivity contribution in [1.82, 2.24) is 4.98 Å². The molecule has 0 saturated heterocycles. The molecule has 9 heteroatoms. The van der Waals surface area contributed by atoms with Gasteiger partial charge in [-0.05, 0) is 30.0 Å². The van der Waals surface area contributed by atoms with E-state index in [-0.39, 0.29) is 15.9 Å². The van der Waals surface area contributed by atoms with E-state index < -0.39 is 0 Å². The molecule has 3 rings (SSSR count). The Bertz CT molecular complexity index is 883. The first-order chi connectivity index (χ1) is 10.5. The van der Waals surface area contributed by atoms with Crippen LogP contribution in [0.15, 0.2) is 43.9 Å². The van der Waals surface area contributed by atoms with Crippen molar-refractivity contribution in [3.05, 3.63) is 48.7 Å². The average Bonchev–Trinajstić information content (AvgIpc) is 2.96. The molecule has 1 aliphatic heterocycles. The quantitative estimate of drug-likeness (QED) is 0.829. The highest BCUT2D eigenvalue weighted by Crippen LogP contribution is 2.35. The first-order valence-corrected chi connectivity index (χ1v) is 8.31. The summed E-state index contributed by atoms with van der Waals surface area (Å²) >= 11 is 14.2. The van der Waals surface area contributed by atoms with Gasteiger partial charge in [0.05, 0.1) is 20.5 Å². The molecule has 0 atom stereocenters. The fraction of sp³-hybridized carbons (Fsp3) is 0. The molecule has 0 aliphatic carbocycles. The van der Waals surface area contributed by atoms with Crippen molar-refractivity contribution < 1.29 is 5.11 Å². The molecule has 0 amide bonds. The molecule has 0 fully saturated rings. The third-order valence-corrected chi connectivity index (χ3v) is 5.02. The van der Waals surface area contributed by atoms with Gasteiger partial charge in [0.1, 0.15) is 5.17 Å². The highest BCUT2D eigenvalue weighted by molar-refractivity contribution is 8.18. The zero-order valence-corrected chi connectivity index (χ0v) is 13.9. The number of aromatic hydroxyl groups is 1. The predicted molar refractivity (Wildman–Crippen MR) is 94.0 cm³/mol. The number of thiazole rings is 1. The lowest BCUT2D eigenvalue weighted by atomic mass is 10.3. The summed E-state index contributed by atoms with van der Waals surface area (Å²) in [5, 5.41) is 10.8. The van der Waals surface area contributed by atoms with Gasteiger partial charge in [-0.25, -0.2) is 9.98 Å². The Morgan fingerprint density at radius 3 is 2.77 bits per heavy atom. The van der Waals surface area contributed by atoms with Crippen LogP contribution >= 0.6 is 46.3 Å². The SMILES string of the molecule is O=c1[nH]c(O)c(/C=C2\SC(=Nc3ccccc3Cl)N=C2Cl)s1. The van der Waals surface area contributed by atoms with Crippen LogP contribution in [-0.4, -0.2) is 20.4 Å². The maximum Gasteiger partial charge on any atom is 0.307 e. The smallest absolute Gasteiger partial charge is 0.307 e. The van der Waals surface area contributed by atoms with E-state index in [2.05, 4.69) is 15.0 Å². The molecule has 2 aromatic rings.